The van der Waals surface area contributed by atoms with E-state index in [9.17, 15) is 4.79 Å². The Morgan fingerprint density at radius 3 is 2.88 bits per heavy atom. The molecule has 0 bridgehead atoms. The molecule has 17 heavy (non-hydrogen) atoms. The maximum Gasteiger partial charge on any atom is 0.225 e. The van der Waals surface area contributed by atoms with Crippen LogP contribution < -0.4 is 5.32 Å². The first kappa shape index (κ1) is 12.6. The van der Waals surface area contributed by atoms with Gasteiger partial charge in [-0.1, -0.05) is 12.5 Å². The smallest absolute Gasteiger partial charge is 0.225 e. The summed E-state index contributed by atoms with van der Waals surface area (Å²) in [5.74, 6) is 0.143. The van der Waals surface area contributed by atoms with Crippen molar-refractivity contribution in [1.82, 2.24) is 10.2 Å². The molecular formula is C13H20N2OS. The van der Waals surface area contributed by atoms with Crippen LogP contribution in [-0.2, 0) is 11.2 Å². The molecule has 0 unspecified atom stereocenters. The number of likely N-dealkylation sites (tertiary alicyclic amines) is 1. The van der Waals surface area contributed by atoms with Crippen molar-refractivity contribution in [1.29, 1.82) is 0 Å². The molecule has 0 aromatic carbocycles. The van der Waals surface area contributed by atoms with Crippen molar-refractivity contribution in [3.05, 3.63) is 22.4 Å². The maximum absolute atomic E-state index is 11.6. The van der Waals surface area contributed by atoms with Crippen molar-refractivity contribution in [3.8, 4) is 0 Å². The largest absolute Gasteiger partial charge is 0.355 e. The maximum atomic E-state index is 11.6. The molecule has 0 atom stereocenters. The van der Waals surface area contributed by atoms with Crippen LogP contribution in [0.2, 0.25) is 0 Å². The van der Waals surface area contributed by atoms with Crippen molar-refractivity contribution in [3.63, 3.8) is 0 Å². The molecule has 1 fully saturated rings. The first-order valence-corrected chi connectivity index (χ1v) is 7.24. The molecule has 1 aromatic rings. The van der Waals surface area contributed by atoms with E-state index < -0.39 is 0 Å². The fourth-order valence-corrected chi connectivity index (χ4v) is 2.87. The Kier molecular flexibility index (Phi) is 5.01. The normalized spacial score (nSPS) is 16.9. The van der Waals surface area contributed by atoms with Crippen molar-refractivity contribution in [2.75, 3.05) is 26.2 Å². The van der Waals surface area contributed by atoms with Crippen LogP contribution in [0.3, 0.4) is 0 Å². The van der Waals surface area contributed by atoms with Crippen molar-refractivity contribution in [2.24, 2.45) is 0 Å². The zero-order valence-corrected chi connectivity index (χ0v) is 11.0. The van der Waals surface area contributed by atoms with E-state index in [1.807, 2.05) is 17.5 Å². The average molecular weight is 252 g/mol. The molecular weight excluding hydrogens is 232 g/mol. The molecule has 94 valence electrons. The number of amides is 1. The fraction of sp³-hybridized carbons (Fsp3) is 0.615. The molecule has 1 N–H and O–H groups in total. The van der Waals surface area contributed by atoms with Gasteiger partial charge in [0.25, 0.3) is 0 Å². The summed E-state index contributed by atoms with van der Waals surface area (Å²) in [5.41, 5.74) is 0. The van der Waals surface area contributed by atoms with Gasteiger partial charge in [0.15, 0.2) is 0 Å². The van der Waals surface area contributed by atoms with Crippen LogP contribution in [0.4, 0.5) is 0 Å². The lowest BCUT2D eigenvalue weighted by Crippen LogP contribution is -2.38. The highest BCUT2D eigenvalue weighted by atomic mass is 32.1. The summed E-state index contributed by atoms with van der Waals surface area (Å²) in [6.45, 7) is 4.17. The van der Waals surface area contributed by atoms with Crippen LogP contribution in [0, 0.1) is 0 Å². The number of nitrogens with one attached hydrogen (secondary N) is 1. The highest BCUT2D eigenvalue weighted by molar-refractivity contribution is 7.10. The number of nitrogens with zero attached hydrogens (tertiary/aromatic N) is 1. The SMILES string of the molecule is O=C(Cc1cccs1)NCCN1CCCCC1. The molecule has 1 aromatic heterocycles. The Labute approximate surface area is 107 Å². The van der Waals surface area contributed by atoms with Crippen LogP contribution in [0.25, 0.3) is 0 Å². The molecule has 1 amide bonds. The molecule has 1 aliphatic heterocycles. The Hall–Kier alpha value is -0.870. The van der Waals surface area contributed by atoms with Crippen LogP contribution in [0.1, 0.15) is 24.1 Å². The molecule has 3 nitrogen and oxygen atoms in total. The Morgan fingerprint density at radius 2 is 2.18 bits per heavy atom. The molecule has 0 aliphatic carbocycles. The number of hydrogen-bond donors (Lipinski definition) is 1. The van der Waals surface area contributed by atoms with Crippen LogP contribution in [0.15, 0.2) is 17.5 Å². The van der Waals surface area contributed by atoms with E-state index >= 15 is 0 Å². The minimum absolute atomic E-state index is 0.143. The molecule has 0 saturated carbocycles. The third-order valence-corrected chi connectivity index (χ3v) is 3.99. The van der Waals surface area contributed by atoms with Gasteiger partial charge in [-0.2, -0.15) is 0 Å². The van der Waals surface area contributed by atoms with E-state index in [4.69, 9.17) is 0 Å². The van der Waals surface area contributed by atoms with E-state index in [2.05, 4.69) is 10.2 Å². The molecule has 1 aliphatic rings. The van der Waals surface area contributed by atoms with Gasteiger partial charge in [-0.15, -0.1) is 11.3 Å². The van der Waals surface area contributed by atoms with Crippen molar-refractivity contribution >= 4 is 17.2 Å². The average Bonchev–Trinajstić information content (AvgIpc) is 2.83. The van der Waals surface area contributed by atoms with Gasteiger partial charge >= 0.3 is 0 Å². The summed E-state index contributed by atoms with van der Waals surface area (Å²) < 4.78 is 0. The van der Waals surface area contributed by atoms with Crippen LogP contribution >= 0.6 is 11.3 Å². The van der Waals surface area contributed by atoms with Crippen LogP contribution in [-0.4, -0.2) is 37.0 Å². The van der Waals surface area contributed by atoms with Gasteiger partial charge in [0.1, 0.15) is 0 Å². The predicted molar refractivity (Wildman–Crippen MR) is 71.3 cm³/mol. The van der Waals surface area contributed by atoms with E-state index in [1.54, 1.807) is 11.3 Å². The summed E-state index contributed by atoms with van der Waals surface area (Å²) in [6.07, 6.45) is 4.51. The number of hydrogen-bond acceptors (Lipinski definition) is 3. The van der Waals surface area contributed by atoms with Crippen molar-refractivity contribution < 1.29 is 4.79 Å². The molecule has 4 heteroatoms. The van der Waals surface area contributed by atoms with E-state index in [1.165, 1.54) is 32.4 Å². The second kappa shape index (κ2) is 6.77. The quantitative estimate of drug-likeness (QED) is 0.868. The number of carbonyl (C=O) groups is 1. The van der Waals surface area contributed by atoms with E-state index in [-0.39, 0.29) is 5.91 Å². The number of carbonyl (C=O) groups excluding carboxylic acids is 1. The zero-order chi connectivity index (χ0) is 11.9. The van der Waals surface area contributed by atoms with Gasteiger partial charge in [-0.05, 0) is 37.4 Å². The Balaban J connectivity index is 1.59. The summed E-state index contributed by atoms with van der Waals surface area (Å²) in [4.78, 5) is 15.2. The predicted octanol–water partition coefficient (Wildman–Crippen LogP) is 1.89. The number of thiophene rings is 1. The highest BCUT2D eigenvalue weighted by Gasteiger charge is 2.10. The summed E-state index contributed by atoms with van der Waals surface area (Å²) >= 11 is 1.64. The lowest BCUT2D eigenvalue weighted by atomic mass is 10.1. The van der Waals surface area contributed by atoms with Crippen LogP contribution in [0.5, 0.6) is 0 Å². The van der Waals surface area contributed by atoms with Gasteiger partial charge in [0.05, 0.1) is 6.42 Å². The second-order valence-corrected chi connectivity index (χ2v) is 5.54. The van der Waals surface area contributed by atoms with Gasteiger partial charge in [-0.3, -0.25) is 4.79 Å². The molecule has 2 heterocycles. The second-order valence-electron chi connectivity index (χ2n) is 4.51. The molecule has 0 spiro atoms. The van der Waals surface area contributed by atoms with Gasteiger partial charge in [-0.25, -0.2) is 0 Å². The van der Waals surface area contributed by atoms with Gasteiger partial charge in [0.2, 0.25) is 5.91 Å². The third-order valence-electron chi connectivity index (χ3n) is 3.11. The summed E-state index contributed by atoms with van der Waals surface area (Å²) in [7, 11) is 0. The molecule has 0 radical (unpaired) electrons. The standard InChI is InChI=1S/C13H20N2OS/c16-13(11-12-5-4-10-17-12)14-6-9-15-7-2-1-3-8-15/h4-5,10H,1-3,6-9,11H2,(H,14,16). The third kappa shape index (κ3) is 4.48. The van der Waals surface area contributed by atoms with Gasteiger partial charge in [0, 0.05) is 18.0 Å². The topological polar surface area (TPSA) is 32.3 Å². The fourth-order valence-electron chi connectivity index (χ4n) is 2.17. The lowest BCUT2D eigenvalue weighted by Gasteiger charge is -2.26. The molecule has 1 saturated heterocycles. The van der Waals surface area contributed by atoms with Gasteiger partial charge < -0.3 is 10.2 Å². The minimum Gasteiger partial charge on any atom is -0.355 e. The number of rotatable bonds is 5. The Morgan fingerprint density at radius 1 is 1.35 bits per heavy atom. The summed E-state index contributed by atoms with van der Waals surface area (Å²) in [6, 6.07) is 4.00. The van der Waals surface area contributed by atoms with Crippen molar-refractivity contribution in [2.45, 2.75) is 25.7 Å². The first-order chi connectivity index (χ1) is 8.34. The number of piperidine rings is 1. The molecule has 2 rings (SSSR count). The van der Waals surface area contributed by atoms with E-state index in [0.717, 1.165) is 18.0 Å². The highest BCUT2D eigenvalue weighted by Crippen LogP contribution is 2.09. The monoisotopic (exact) mass is 252 g/mol. The van der Waals surface area contributed by atoms with E-state index in [0.29, 0.717) is 6.42 Å². The minimum atomic E-state index is 0.143. The zero-order valence-electron chi connectivity index (χ0n) is 10.2. The first-order valence-electron chi connectivity index (χ1n) is 6.36. The lowest BCUT2D eigenvalue weighted by molar-refractivity contribution is -0.120. The Bertz CT molecular complexity index is 331. The summed E-state index contributed by atoms with van der Waals surface area (Å²) in [5, 5.41) is 5.00.